The second-order valence-corrected chi connectivity index (χ2v) is 11.2. The molecule has 1 amide bonds. The van der Waals surface area contributed by atoms with E-state index in [1.165, 1.54) is 25.5 Å². The lowest BCUT2D eigenvalue weighted by molar-refractivity contribution is -0.119. The van der Waals surface area contributed by atoms with E-state index in [2.05, 4.69) is 10.5 Å². The quantitative estimate of drug-likeness (QED) is 0.155. The van der Waals surface area contributed by atoms with E-state index in [0.717, 1.165) is 9.87 Å². The number of amides is 1. The maximum Gasteiger partial charge on any atom is 0.264 e. The molecule has 0 spiro atoms. The molecule has 42 heavy (non-hydrogen) atoms. The predicted molar refractivity (Wildman–Crippen MR) is 163 cm³/mol. The summed E-state index contributed by atoms with van der Waals surface area (Å²) >= 11 is 5.95. The van der Waals surface area contributed by atoms with E-state index in [1.807, 2.05) is 19.1 Å². The van der Waals surface area contributed by atoms with E-state index >= 15 is 0 Å². The summed E-state index contributed by atoms with van der Waals surface area (Å²) in [5, 5.41) is 4.68. The Labute approximate surface area is 250 Å². The Morgan fingerprint density at radius 1 is 0.929 bits per heavy atom. The average molecular weight is 608 g/mol. The fraction of sp³-hybridized carbons (Fsp3) is 0.161. The van der Waals surface area contributed by atoms with E-state index in [0.29, 0.717) is 41.0 Å². The van der Waals surface area contributed by atoms with Gasteiger partial charge in [-0.05, 0) is 72.6 Å². The minimum absolute atomic E-state index is 0.0472. The lowest BCUT2D eigenvalue weighted by Crippen LogP contribution is -2.39. The van der Waals surface area contributed by atoms with Gasteiger partial charge in [-0.25, -0.2) is 13.8 Å². The van der Waals surface area contributed by atoms with Gasteiger partial charge in [0.2, 0.25) is 0 Å². The first kappa shape index (κ1) is 30.4. The summed E-state index contributed by atoms with van der Waals surface area (Å²) in [6, 6.07) is 27.0. The molecule has 0 radical (unpaired) electrons. The first-order chi connectivity index (χ1) is 20.3. The molecule has 0 aromatic heterocycles. The number of benzene rings is 4. The molecule has 1 N–H and O–H groups in total. The van der Waals surface area contributed by atoms with Gasteiger partial charge in [0.25, 0.3) is 15.9 Å². The van der Waals surface area contributed by atoms with Gasteiger partial charge in [-0.1, -0.05) is 48.0 Å². The molecule has 0 saturated heterocycles. The summed E-state index contributed by atoms with van der Waals surface area (Å²) in [5.41, 5.74) is 4.27. The standard InChI is InChI=1S/C31H30ClN3O6S/c1-3-40-30-18-24(14-17-29(30)41-22-23-12-15-25(32)16-13-23)20-33-34-31(36)21-35(26-8-7-9-27(19-26)39-2)42(37,38)28-10-5-4-6-11-28/h4-20H,3,21-22H2,1-2H3,(H,34,36)/b33-20-. The number of hydrogen-bond acceptors (Lipinski definition) is 7. The Kier molecular flexibility index (Phi) is 10.4. The topological polar surface area (TPSA) is 107 Å². The average Bonchev–Trinajstić information content (AvgIpc) is 3.01. The second-order valence-electron chi connectivity index (χ2n) is 8.87. The van der Waals surface area contributed by atoms with Crippen molar-refractivity contribution in [2.75, 3.05) is 24.6 Å². The van der Waals surface area contributed by atoms with Crippen LogP contribution in [0.5, 0.6) is 17.2 Å². The number of rotatable bonds is 13. The van der Waals surface area contributed by atoms with Crippen LogP contribution in [0.1, 0.15) is 18.1 Å². The smallest absolute Gasteiger partial charge is 0.264 e. The molecule has 0 aliphatic heterocycles. The maximum atomic E-state index is 13.5. The van der Waals surface area contributed by atoms with E-state index in [-0.39, 0.29) is 10.6 Å². The minimum atomic E-state index is -4.07. The molecule has 4 rings (SSSR count). The second kappa shape index (κ2) is 14.4. The maximum absolute atomic E-state index is 13.5. The highest BCUT2D eigenvalue weighted by atomic mass is 35.5. The van der Waals surface area contributed by atoms with Gasteiger partial charge < -0.3 is 14.2 Å². The van der Waals surface area contributed by atoms with E-state index < -0.39 is 22.5 Å². The fourth-order valence-electron chi connectivity index (χ4n) is 3.88. The molecule has 218 valence electrons. The Balaban J connectivity index is 1.47. The van der Waals surface area contributed by atoms with Gasteiger partial charge in [0.15, 0.2) is 11.5 Å². The van der Waals surface area contributed by atoms with Crippen molar-refractivity contribution < 1.29 is 27.4 Å². The molecular formula is C31H30ClN3O6S. The molecule has 0 fully saturated rings. The summed E-state index contributed by atoms with van der Waals surface area (Å²) in [7, 11) is -2.59. The summed E-state index contributed by atoms with van der Waals surface area (Å²) < 4.78 is 44.9. The van der Waals surface area contributed by atoms with Crippen LogP contribution in [-0.4, -0.2) is 40.8 Å². The summed E-state index contributed by atoms with van der Waals surface area (Å²) in [6.45, 7) is 2.10. The number of sulfonamides is 1. The monoisotopic (exact) mass is 607 g/mol. The number of hydrazone groups is 1. The van der Waals surface area contributed by atoms with Crippen molar-refractivity contribution in [3.63, 3.8) is 0 Å². The molecule has 11 heteroatoms. The summed E-state index contributed by atoms with van der Waals surface area (Å²) in [5.74, 6) is 0.874. The van der Waals surface area contributed by atoms with Crippen molar-refractivity contribution in [1.82, 2.24) is 5.43 Å². The number of methoxy groups -OCH3 is 1. The Bertz CT molecular complexity index is 1630. The third kappa shape index (κ3) is 8.02. The van der Waals surface area contributed by atoms with Crippen molar-refractivity contribution in [3.8, 4) is 17.2 Å². The number of ether oxygens (including phenoxy) is 3. The van der Waals surface area contributed by atoms with Crippen molar-refractivity contribution in [1.29, 1.82) is 0 Å². The Morgan fingerprint density at radius 3 is 2.40 bits per heavy atom. The molecule has 0 saturated carbocycles. The largest absolute Gasteiger partial charge is 0.497 e. The number of hydrogen-bond donors (Lipinski definition) is 1. The third-order valence-corrected chi connectivity index (χ3v) is 7.98. The van der Waals surface area contributed by atoms with Crippen molar-refractivity contribution in [2.45, 2.75) is 18.4 Å². The molecule has 9 nitrogen and oxygen atoms in total. The Morgan fingerprint density at radius 2 is 1.69 bits per heavy atom. The molecular weight excluding hydrogens is 578 g/mol. The molecule has 4 aromatic rings. The number of halogens is 1. The van der Waals surface area contributed by atoms with E-state index in [9.17, 15) is 13.2 Å². The molecule has 0 atom stereocenters. The summed E-state index contributed by atoms with van der Waals surface area (Å²) in [6.07, 6.45) is 1.44. The molecule has 4 aromatic carbocycles. The van der Waals surface area contributed by atoms with Crippen LogP contribution in [0.4, 0.5) is 5.69 Å². The van der Waals surface area contributed by atoms with Crippen LogP contribution in [-0.2, 0) is 21.4 Å². The van der Waals surface area contributed by atoms with Crippen LogP contribution < -0.4 is 23.9 Å². The highest BCUT2D eigenvalue weighted by Crippen LogP contribution is 2.29. The normalized spacial score (nSPS) is 11.2. The van der Waals surface area contributed by atoms with Gasteiger partial charge in [0.1, 0.15) is 18.9 Å². The van der Waals surface area contributed by atoms with Crippen LogP contribution in [0, 0.1) is 0 Å². The first-order valence-corrected chi connectivity index (χ1v) is 14.8. The van der Waals surface area contributed by atoms with Gasteiger partial charge in [-0.2, -0.15) is 5.10 Å². The van der Waals surface area contributed by atoms with Gasteiger partial charge in [-0.15, -0.1) is 0 Å². The van der Waals surface area contributed by atoms with Crippen LogP contribution in [0.25, 0.3) is 0 Å². The first-order valence-electron chi connectivity index (χ1n) is 13.0. The lowest BCUT2D eigenvalue weighted by atomic mass is 10.2. The zero-order valence-electron chi connectivity index (χ0n) is 23.1. The fourth-order valence-corrected chi connectivity index (χ4v) is 5.44. The number of nitrogens with one attached hydrogen (secondary N) is 1. The third-order valence-electron chi connectivity index (χ3n) is 5.94. The minimum Gasteiger partial charge on any atom is -0.497 e. The molecule has 0 aliphatic carbocycles. The number of nitrogens with zero attached hydrogens (tertiary/aromatic N) is 2. The zero-order valence-corrected chi connectivity index (χ0v) is 24.6. The van der Waals surface area contributed by atoms with E-state index in [1.54, 1.807) is 72.8 Å². The molecule has 0 heterocycles. The summed E-state index contributed by atoms with van der Waals surface area (Å²) in [4.78, 5) is 12.9. The van der Waals surface area contributed by atoms with Crippen molar-refractivity contribution in [3.05, 3.63) is 113 Å². The number of carbonyl (C=O) groups excluding carboxylic acids is 1. The van der Waals surface area contributed by atoms with Gasteiger partial charge in [0, 0.05) is 11.1 Å². The molecule has 0 unspecified atom stereocenters. The number of carbonyl (C=O) groups is 1. The van der Waals surface area contributed by atoms with Crippen LogP contribution in [0.15, 0.2) is 107 Å². The van der Waals surface area contributed by atoms with Gasteiger partial charge >= 0.3 is 0 Å². The zero-order chi connectivity index (χ0) is 30.0. The van der Waals surface area contributed by atoms with Crippen LogP contribution in [0.3, 0.4) is 0 Å². The molecule has 0 bridgehead atoms. The van der Waals surface area contributed by atoms with Crippen LogP contribution >= 0.6 is 11.6 Å². The van der Waals surface area contributed by atoms with Crippen molar-refractivity contribution in [2.24, 2.45) is 5.10 Å². The van der Waals surface area contributed by atoms with E-state index in [4.69, 9.17) is 25.8 Å². The highest BCUT2D eigenvalue weighted by molar-refractivity contribution is 7.92. The van der Waals surface area contributed by atoms with Gasteiger partial charge in [0.05, 0.1) is 30.5 Å². The lowest BCUT2D eigenvalue weighted by Gasteiger charge is -2.24. The molecule has 0 aliphatic rings. The predicted octanol–water partition coefficient (Wildman–Crippen LogP) is 5.67. The van der Waals surface area contributed by atoms with Crippen LogP contribution in [0.2, 0.25) is 5.02 Å². The van der Waals surface area contributed by atoms with Gasteiger partial charge in [-0.3, -0.25) is 9.10 Å². The highest BCUT2D eigenvalue weighted by Gasteiger charge is 2.27. The SMILES string of the molecule is CCOc1cc(/C=N\NC(=O)CN(c2cccc(OC)c2)S(=O)(=O)c2ccccc2)ccc1OCc1ccc(Cl)cc1. The number of anilines is 1. The van der Waals surface area contributed by atoms with Crippen molar-refractivity contribution >= 4 is 39.4 Å². The Hall–Kier alpha value is -4.54.